The van der Waals surface area contributed by atoms with Crippen LogP contribution in [0, 0.1) is 13.8 Å². The van der Waals surface area contributed by atoms with E-state index in [9.17, 15) is 0 Å². The second-order valence-electron chi connectivity index (χ2n) is 3.91. The molecular weight excluding hydrogens is 292 g/mol. The molecule has 1 aromatic carbocycles. The van der Waals surface area contributed by atoms with Crippen LogP contribution in [0.4, 0.5) is 0 Å². The summed E-state index contributed by atoms with van der Waals surface area (Å²) >= 11 is 7.38. The molecule has 0 heterocycles. The fraction of sp³-hybridized carbons (Fsp3) is 0.455. The van der Waals surface area contributed by atoms with Crippen LogP contribution >= 0.6 is 31.9 Å². The van der Waals surface area contributed by atoms with E-state index in [1.165, 1.54) is 22.3 Å². The van der Waals surface area contributed by atoms with Gasteiger partial charge >= 0.3 is 0 Å². The Morgan fingerprint density at radius 2 is 1.38 bits per heavy atom. The van der Waals surface area contributed by atoms with Crippen LogP contribution in [0.2, 0.25) is 0 Å². The molecule has 0 saturated heterocycles. The van der Waals surface area contributed by atoms with Crippen LogP contribution in [0.25, 0.3) is 0 Å². The van der Waals surface area contributed by atoms with Crippen molar-refractivity contribution in [2.75, 3.05) is 0 Å². The monoisotopic (exact) mass is 302 g/mol. The number of rotatable bonds is 0. The molecule has 2 rings (SSSR count). The lowest BCUT2D eigenvalue weighted by Gasteiger charge is -2.09. The number of hydrogen-bond acceptors (Lipinski definition) is 0. The summed E-state index contributed by atoms with van der Waals surface area (Å²) in [5.41, 5.74) is 5.77. The van der Waals surface area contributed by atoms with E-state index in [2.05, 4.69) is 57.8 Å². The van der Waals surface area contributed by atoms with Crippen LogP contribution in [-0.2, 0) is 12.8 Å². The topological polar surface area (TPSA) is 0 Å². The van der Waals surface area contributed by atoms with Crippen molar-refractivity contribution in [1.82, 2.24) is 0 Å². The molecule has 0 N–H and O–H groups in total. The second kappa shape index (κ2) is 3.09. The van der Waals surface area contributed by atoms with Crippen molar-refractivity contribution in [3.8, 4) is 0 Å². The lowest BCUT2D eigenvalue weighted by molar-refractivity contribution is 0.903. The highest BCUT2D eigenvalue weighted by molar-refractivity contribution is 9.25. The van der Waals surface area contributed by atoms with Crippen LogP contribution in [0.3, 0.4) is 0 Å². The molecule has 1 aliphatic carbocycles. The first-order valence-corrected chi connectivity index (χ1v) is 6.03. The van der Waals surface area contributed by atoms with Crippen molar-refractivity contribution in [2.45, 2.75) is 29.9 Å². The first kappa shape index (κ1) is 9.72. The van der Waals surface area contributed by atoms with Crippen molar-refractivity contribution in [2.24, 2.45) is 0 Å². The molecule has 0 nitrogen and oxygen atoms in total. The number of halogens is 2. The maximum absolute atomic E-state index is 3.69. The summed E-state index contributed by atoms with van der Waals surface area (Å²) in [6.07, 6.45) is 2.17. The zero-order valence-electron chi connectivity index (χ0n) is 7.82. The van der Waals surface area contributed by atoms with Gasteiger partial charge in [0.1, 0.15) is 0 Å². The van der Waals surface area contributed by atoms with Gasteiger partial charge in [-0.05, 0) is 48.9 Å². The summed E-state index contributed by atoms with van der Waals surface area (Å²) < 4.78 is 0.114. The molecule has 1 aliphatic rings. The molecule has 0 spiro atoms. The summed E-state index contributed by atoms with van der Waals surface area (Å²) in [7, 11) is 0. The summed E-state index contributed by atoms with van der Waals surface area (Å²) in [5.74, 6) is 0. The van der Waals surface area contributed by atoms with Gasteiger partial charge in [0.25, 0.3) is 0 Å². The molecule has 2 heteroatoms. The van der Waals surface area contributed by atoms with E-state index in [1.54, 1.807) is 0 Å². The zero-order chi connectivity index (χ0) is 9.64. The standard InChI is InChI=1S/C11H12Br2/c1-7-3-9-5-11(12,13)6-10(9)4-8(7)2/h3-4H,5-6H2,1-2H3. The minimum absolute atomic E-state index is 0.114. The molecule has 0 aliphatic heterocycles. The minimum atomic E-state index is 0.114. The molecule has 0 bridgehead atoms. The Morgan fingerprint density at radius 1 is 1.00 bits per heavy atom. The van der Waals surface area contributed by atoms with Crippen molar-refractivity contribution in [3.63, 3.8) is 0 Å². The van der Waals surface area contributed by atoms with Crippen molar-refractivity contribution in [3.05, 3.63) is 34.4 Å². The predicted octanol–water partition coefficient (Wildman–Crippen LogP) is 3.89. The van der Waals surface area contributed by atoms with Crippen LogP contribution in [0.1, 0.15) is 22.3 Å². The molecular formula is C11H12Br2. The Kier molecular flexibility index (Phi) is 2.31. The third-order valence-corrected chi connectivity index (χ3v) is 3.84. The second-order valence-corrected chi connectivity index (χ2v) is 8.01. The van der Waals surface area contributed by atoms with E-state index >= 15 is 0 Å². The zero-order valence-corrected chi connectivity index (χ0v) is 11.0. The Hall–Kier alpha value is 0.180. The van der Waals surface area contributed by atoms with E-state index in [0.29, 0.717) is 0 Å². The predicted molar refractivity (Wildman–Crippen MR) is 63.9 cm³/mol. The first-order valence-electron chi connectivity index (χ1n) is 4.45. The molecule has 0 amide bonds. The fourth-order valence-electron chi connectivity index (χ4n) is 1.88. The molecule has 1 aromatic rings. The SMILES string of the molecule is Cc1cc2c(cc1C)CC(Br)(Br)C2. The lowest BCUT2D eigenvalue weighted by atomic mass is 10.0. The van der Waals surface area contributed by atoms with E-state index in [1.807, 2.05) is 0 Å². The van der Waals surface area contributed by atoms with Gasteiger partial charge < -0.3 is 0 Å². The van der Waals surface area contributed by atoms with Crippen molar-refractivity contribution in [1.29, 1.82) is 0 Å². The minimum Gasteiger partial charge on any atom is -0.0720 e. The van der Waals surface area contributed by atoms with Crippen molar-refractivity contribution >= 4 is 31.9 Å². The maximum Gasteiger partial charge on any atom is 0.0885 e. The lowest BCUT2D eigenvalue weighted by Crippen LogP contribution is -2.09. The highest BCUT2D eigenvalue weighted by Gasteiger charge is 2.32. The highest BCUT2D eigenvalue weighted by Crippen LogP contribution is 2.42. The summed E-state index contributed by atoms with van der Waals surface area (Å²) in [5, 5.41) is 0. The van der Waals surface area contributed by atoms with E-state index in [4.69, 9.17) is 0 Å². The van der Waals surface area contributed by atoms with Crippen LogP contribution in [0.15, 0.2) is 12.1 Å². The fourth-order valence-corrected chi connectivity index (χ4v) is 3.09. The number of benzene rings is 1. The van der Waals surface area contributed by atoms with Gasteiger partial charge in [-0.3, -0.25) is 0 Å². The molecule has 0 radical (unpaired) electrons. The molecule has 13 heavy (non-hydrogen) atoms. The third-order valence-electron chi connectivity index (χ3n) is 2.71. The van der Waals surface area contributed by atoms with E-state index in [-0.39, 0.29) is 3.23 Å². The molecule has 0 saturated carbocycles. The highest BCUT2D eigenvalue weighted by atomic mass is 79.9. The van der Waals surface area contributed by atoms with Gasteiger partial charge in [-0.2, -0.15) is 0 Å². The van der Waals surface area contributed by atoms with E-state index in [0.717, 1.165) is 12.8 Å². The summed E-state index contributed by atoms with van der Waals surface area (Å²) in [4.78, 5) is 0. The molecule has 0 fully saturated rings. The molecule has 0 aromatic heterocycles. The summed E-state index contributed by atoms with van der Waals surface area (Å²) in [6, 6.07) is 4.63. The first-order chi connectivity index (χ1) is 5.98. The number of aryl methyl sites for hydroxylation is 2. The molecule has 0 atom stereocenters. The van der Waals surface area contributed by atoms with Gasteiger partial charge in [0.2, 0.25) is 0 Å². The van der Waals surface area contributed by atoms with Gasteiger partial charge in [0.15, 0.2) is 0 Å². The maximum atomic E-state index is 3.69. The Morgan fingerprint density at radius 3 is 1.77 bits per heavy atom. The average molecular weight is 304 g/mol. The van der Waals surface area contributed by atoms with Crippen LogP contribution in [0.5, 0.6) is 0 Å². The number of fused-ring (bicyclic) bond motifs is 1. The van der Waals surface area contributed by atoms with Gasteiger partial charge in [-0.1, -0.05) is 44.0 Å². The Labute approximate surface area is 96.0 Å². The smallest absolute Gasteiger partial charge is 0.0720 e. The summed E-state index contributed by atoms with van der Waals surface area (Å²) in [6.45, 7) is 4.36. The normalized spacial score (nSPS) is 18.8. The Bertz CT molecular complexity index is 320. The number of hydrogen-bond donors (Lipinski definition) is 0. The quantitative estimate of drug-likeness (QED) is 0.638. The average Bonchev–Trinajstić information content (AvgIpc) is 2.24. The van der Waals surface area contributed by atoms with Crippen molar-refractivity contribution < 1.29 is 0 Å². The number of alkyl halides is 2. The van der Waals surface area contributed by atoms with Gasteiger partial charge in [0, 0.05) is 0 Å². The largest absolute Gasteiger partial charge is 0.0885 e. The molecule has 0 unspecified atom stereocenters. The van der Waals surface area contributed by atoms with E-state index < -0.39 is 0 Å². The van der Waals surface area contributed by atoms with Gasteiger partial charge in [0.05, 0.1) is 3.23 Å². The third kappa shape index (κ3) is 1.84. The Balaban J connectivity index is 2.48. The van der Waals surface area contributed by atoms with Gasteiger partial charge in [-0.25, -0.2) is 0 Å². The van der Waals surface area contributed by atoms with Crippen LogP contribution < -0.4 is 0 Å². The van der Waals surface area contributed by atoms with Gasteiger partial charge in [-0.15, -0.1) is 0 Å². The molecule has 70 valence electrons. The van der Waals surface area contributed by atoms with Crippen LogP contribution in [-0.4, -0.2) is 3.23 Å².